The molecule has 0 bridgehead atoms. The molecule has 1 heterocycles. The van der Waals surface area contributed by atoms with Gasteiger partial charge < -0.3 is 19.9 Å². The Labute approximate surface area is 93.1 Å². The molecule has 0 radical (unpaired) electrons. The van der Waals surface area contributed by atoms with E-state index in [1.807, 2.05) is 0 Å². The van der Waals surface area contributed by atoms with Gasteiger partial charge in [-0.2, -0.15) is 0 Å². The second-order valence-electron chi connectivity index (χ2n) is 3.40. The summed E-state index contributed by atoms with van der Waals surface area (Å²) in [4.78, 5) is 11.6. The lowest BCUT2D eigenvalue weighted by Gasteiger charge is -2.19. The van der Waals surface area contributed by atoms with Gasteiger partial charge in [-0.1, -0.05) is 0 Å². The maximum atomic E-state index is 11.6. The molecule has 0 unspecified atom stereocenters. The van der Waals surface area contributed by atoms with Gasteiger partial charge in [-0.05, 0) is 12.1 Å². The molecule has 1 aromatic carbocycles. The fourth-order valence-electron chi connectivity index (χ4n) is 1.60. The Hall–Kier alpha value is -1.59. The molecule has 86 valence electrons. The highest BCUT2D eigenvalue weighted by Gasteiger charge is 2.18. The lowest BCUT2D eigenvalue weighted by Crippen LogP contribution is -2.17. The Morgan fingerprint density at radius 2 is 2.38 bits per heavy atom. The molecule has 0 aliphatic carbocycles. The molecule has 5 heteroatoms. The first-order valence-electron chi connectivity index (χ1n) is 4.91. The van der Waals surface area contributed by atoms with Crippen molar-refractivity contribution in [2.75, 3.05) is 20.4 Å². The summed E-state index contributed by atoms with van der Waals surface area (Å²) in [6.07, 6.45) is 0. The van der Waals surface area contributed by atoms with Crippen LogP contribution in [0.5, 0.6) is 11.5 Å². The Morgan fingerprint density at radius 1 is 1.56 bits per heavy atom. The first-order valence-corrected chi connectivity index (χ1v) is 4.91. The fraction of sp³-hybridized carbons (Fsp3) is 0.364. The molecule has 5 nitrogen and oxygen atoms in total. The van der Waals surface area contributed by atoms with Gasteiger partial charge in [0.2, 0.25) is 0 Å². The van der Waals surface area contributed by atoms with Gasteiger partial charge in [0.25, 0.3) is 0 Å². The third-order valence-corrected chi connectivity index (χ3v) is 2.42. The fourth-order valence-corrected chi connectivity index (χ4v) is 1.60. The molecule has 1 aromatic rings. The minimum Gasteiger partial charge on any atom is -0.496 e. The molecule has 0 aromatic heterocycles. The standard InChI is InChI=1S/C11H13NO4/c1-14-11-2-7-5-15-6-16-10(7)3-8(11)9(13)4-12/h2-3H,4-6,12H2,1H3. The van der Waals surface area contributed by atoms with Crippen molar-refractivity contribution in [3.8, 4) is 11.5 Å². The second kappa shape index (κ2) is 4.51. The van der Waals surface area contributed by atoms with Crippen LogP contribution < -0.4 is 15.2 Å². The predicted molar refractivity (Wildman–Crippen MR) is 56.7 cm³/mol. The van der Waals surface area contributed by atoms with Gasteiger partial charge in [-0.15, -0.1) is 0 Å². The second-order valence-corrected chi connectivity index (χ2v) is 3.40. The number of ether oxygens (including phenoxy) is 3. The molecule has 0 saturated heterocycles. The van der Waals surface area contributed by atoms with E-state index in [0.717, 1.165) is 5.56 Å². The molecule has 0 fully saturated rings. The van der Waals surface area contributed by atoms with E-state index in [1.54, 1.807) is 12.1 Å². The number of rotatable bonds is 3. The summed E-state index contributed by atoms with van der Waals surface area (Å²) in [6, 6.07) is 3.41. The molecule has 1 aliphatic rings. The van der Waals surface area contributed by atoms with Gasteiger partial charge in [0.05, 0.1) is 25.8 Å². The Kier molecular flexibility index (Phi) is 3.07. The van der Waals surface area contributed by atoms with Crippen LogP contribution in [-0.4, -0.2) is 26.2 Å². The van der Waals surface area contributed by atoms with Crippen LogP contribution in [0.25, 0.3) is 0 Å². The number of carbonyl (C=O) groups is 1. The van der Waals surface area contributed by atoms with Gasteiger partial charge in [0.1, 0.15) is 11.5 Å². The van der Waals surface area contributed by atoms with E-state index in [-0.39, 0.29) is 19.1 Å². The van der Waals surface area contributed by atoms with Crippen LogP contribution in [0.4, 0.5) is 0 Å². The van der Waals surface area contributed by atoms with Gasteiger partial charge >= 0.3 is 0 Å². The SMILES string of the molecule is COc1cc2c(cc1C(=O)CN)OCOC2. The molecular weight excluding hydrogens is 210 g/mol. The average Bonchev–Trinajstić information content (AvgIpc) is 2.36. The smallest absolute Gasteiger partial charge is 0.189 e. The van der Waals surface area contributed by atoms with Crippen molar-refractivity contribution in [1.29, 1.82) is 0 Å². The molecule has 2 rings (SSSR count). The van der Waals surface area contributed by atoms with Crippen molar-refractivity contribution in [3.05, 3.63) is 23.3 Å². The third kappa shape index (κ3) is 1.87. The van der Waals surface area contributed by atoms with Crippen LogP contribution in [0, 0.1) is 0 Å². The Balaban J connectivity index is 2.47. The highest BCUT2D eigenvalue weighted by molar-refractivity contribution is 6.00. The van der Waals surface area contributed by atoms with Gasteiger partial charge in [0, 0.05) is 5.56 Å². The summed E-state index contributed by atoms with van der Waals surface area (Å²) in [6.45, 7) is 0.615. The van der Waals surface area contributed by atoms with E-state index in [2.05, 4.69) is 0 Å². The topological polar surface area (TPSA) is 70.8 Å². The third-order valence-electron chi connectivity index (χ3n) is 2.42. The number of ketones is 1. The summed E-state index contributed by atoms with van der Waals surface area (Å²) < 4.78 is 15.6. The van der Waals surface area contributed by atoms with Gasteiger partial charge in [-0.3, -0.25) is 4.79 Å². The highest BCUT2D eigenvalue weighted by atomic mass is 16.7. The van der Waals surface area contributed by atoms with Crippen LogP contribution in [-0.2, 0) is 11.3 Å². The van der Waals surface area contributed by atoms with Crippen LogP contribution in [0.3, 0.4) is 0 Å². The van der Waals surface area contributed by atoms with Crippen molar-refractivity contribution in [2.45, 2.75) is 6.61 Å². The Morgan fingerprint density at radius 3 is 3.06 bits per heavy atom. The molecule has 0 amide bonds. The quantitative estimate of drug-likeness (QED) is 0.764. The van der Waals surface area contributed by atoms with E-state index in [0.29, 0.717) is 23.7 Å². The highest BCUT2D eigenvalue weighted by Crippen LogP contribution is 2.31. The van der Waals surface area contributed by atoms with Crippen molar-refractivity contribution in [3.63, 3.8) is 0 Å². The Bertz CT molecular complexity index is 417. The van der Waals surface area contributed by atoms with Crippen LogP contribution in [0.15, 0.2) is 12.1 Å². The number of Topliss-reactive ketones (excluding diaryl/α,β-unsaturated/α-hetero) is 1. The maximum Gasteiger partial charge on any atom is 0.189 e. The normalized spacial score (nSPS) is 13.9. The predicted octanol–water partition coefficient (Wildman–Crippen LogP) is 0.703. The van der Waals surface area contributed by atoms with Crippen molar-refractivity contribution in [1.82, 2.24) is 0 Å². The zero-order valence-corrected chi connectivity index (χ0v) is 8.99. The number of methoxy groups -OCH3 is 1. The van der Waals surface area contributed by atoms with Crippen LogP contribution in [0.1, 0.15) is 15.9 Å². The minimum absolute atomic E-state index is 0.0500. The minimum atomic E-state index is -0.172. The van der Waals surface area contributed by atoms with Crippen LogP contribution >= 0.6 is 0 Å². The number of nitrogens with two attached hydrogens (primary N) is 1. The van der Waals surface area contributed by atoms with Crippen LogP contribution in [0.2, 0.25) is 0 Å². The number of hydrogen-bond acceptors (Lipinski definition) is 5. The summed E-state index contributed by atoms with van der Waals surface area (Å²) in [7, 11) is 1.51. The molecule has 1 aliphatic heterocycles. The summed E-state index contributed by atoms with van der Waals surface area (Å²) in [5.74, 6) is 0.988. The van der Waals surface area contributed by atoms with Crippen molar-refractivity contribution in [2.24, 2.45) is 5.73 Å². The van der Waals surface area contributed by atoms with Crippen molar-refractivity contribution < 1.29 is 19.0 Å². The zero-order chi connectivity index (χ0) is 11.5. The zero-order valence-electron chi connectivity index (χ0n) is 8.99. The molecule has 0 spiro atoms. The summed E-state index contributed by atoms with van der Waals surface area (Å²) in [5.41, 5.74) is 6.65. The van der Waals surface area contributed by atoms with Crippen molar-refractivity contribution >= 4 is 5.78 Å². The number of fused-ring (bicyclic) bond motifs is 1. The number of benzene rings is 1. The van der Waals surface area contributed by atoms with Gasteiger partial charge in [-0.25, -0.2) is 0 Å². The first-order chi connectivity index (χ1) is 7.76. The molecule has 0 saturated carbocycles. The van der Waals surface area contributed by atoms with E-state index in [4.69, 9.17) is 19.9 Å². The monoisotopic (exact) mass is 223 g/mol. The maximum absolute atomic E-state index is 11.6. The molecule has 16 heavy (non-hydrogen) atoms. The molecule has 2 N–H and O–H groups in total. The molecule has 0 atom stereocenters. The lowest BCUT2D eigenvalue weighted by molar-refractivity contribution is -0.0165. The summed E-state index contributed by atoms with van der Waals surface area (Å²) >= 11 is 0. The van der Waals surface area contributed by atoms with E-state index >= 15 is 0 Å². The first kappa shape index (κ1) is 10.9. The lowest BCUT2D eigenvalue weighted by atomic mass is 10.1. The number of carbonyl (C=O) groups excluding carboxylic acids is 1. The van der Waals surface area contributed by atoms with E-state index in [1.165, 1.54) is 7.11 Å². The summed E-state index contributed by atoms with van der Waals surface area (Å²) in [5, 5.41) is 0. The van der Waals surface area contributed by atoms with E-state index in [9.17, 15) is 4.79 Å². The van der Waals surface area contributed by atoms with E-state index < -0.39 is 0 Å². The average molecular weight is 223 g/mol. The molecular formula is C11H13NO4. The van der Waals surface area contributed by atoms with Gasteiger partial charge in [0.15, 0.2) is 12.6 Å². The largest absolute Gasteiger partial charge is 0.496 e. The number of hydrogen-bond donors (Lipinski definition) is 1.